The molecule has 0 aliphatic carbocycles. The number of hydrogen-bond donors (Lipinski definition) is 1. The van der Waals surface area contributed by atoms with Crippen molar-refractivity contribution in [1.82, 2.24) is 4.83 Å². The lowest BCUT2D eigenvalue weighted by Gasteiger charge is -2.11. The fourth-order valence-electron chi connectivity index (χ4n) is 3.16. The molecule has 32 heavy (non-hydrogen) atoms. The first-order valence-corrected chi connectivity index (χ1v) is 11.3. The summed E-state index contributed by atoms with van der Waals surface area (Å²) in [5, 5.41) is 5.61. The van der Waals surface area contributed by atoms with E-state index in [2.05, 4.69) is 9.93 Å². The summed E-state index contributed by atoms with van der Waals surface area (Å²) >= 11 is 0. The number of nitrogens with zero attached hydrogens (tertiary/aromatic N) is 1. The van der Waals surface area contributed by atoms with Gasteiger partial charge in [-0.2, -0.15) is 13.5 Å². The van der Waals surface area contributed by atoms with Crippen LogP contribution in [-0.4, -0.2) is 20.6 Å². The number of carbonyl (C=O) groups excluding carboxylic acids is 1. The van der Waals surface area contributed by atoms with Crippen LogP contribution in [0.25, 0.3) is 10.8 Å². The van der Waals surface area contributed by atoms with Crippen LogP contribution in [0.2, 0.25) is 0 Å². The zero-order valence-electron chi connectivity index (χ0n) is 17.2. The Labute approximate surface area is 186 Å². The van der Waals surface area contributed by atoms with E-state index in [-0.39, 0.29) is 10.6 Å². The Kier molecular flexibility index (Phi) is 6.00. The van der Waals surface area contributed by atoms with Gasteiger partial charge < -0.3 is 4.74 Å². The first kappa shape index (κ1) is 21.3. The Balaban J connectivity index is 1.66. The van der Waals surface area contributed by atoms with Gasteiger partial charge in [-0.3, -0.25) is 0 Å². The van der Waals surface area contributed by atoms with E-state index in [0.29, 0.717) is 11.1 Å². The number of aryl methyl sites for hydroxylation is 1. The second-order valence-corrected chi connectivity index (χ2v) is 8.78. The van der Waals surface area contributed by atoms with E-state index in [4.69, 9.17) is 4.74 Å². The van der Waals surface area contributed by atoms with E-state index in [9.17, 15) is 13.2 Å². The van der Waals surface area contributed by atoms with Crippen molar-refractivity contribution >= 4 is 33.0 Å². The van der Waals surface area contributed by atoms with Gasteiger partial charge in [0.15, 0.2) is 0 Å². The van der Waals surface area contributed by atoms with Gasteiger partial charge in [0.1, 0.15) is 5.75 Å². The topological polar surface area (TPSA) is 84.8 Å². The van der Waals surface area contributed by atoms with Crippen LogP contribution in [0.1, 0.15) is 21.5 Å². The summed E-state index contributed by atoms with van der Waals surface area (Å²) in [6.07, 6.45) is 1.35. The fourth-order valence-corrected chi connectivity index (χ4v) is 3.95. The standard InChI is InChI=1S/C25H20N2O4S/c1-18-11-14-21(15-12-18)32(29,30)27-26-17-23-22-10-6-5-7-19(22)13-16-24(23)31-25(28)20-8-3-2-4-9-20/h2-17,27H,1H3/b26-17-. The minimum absolute atomic E-state index is 0.105. The van der Waals surface area contributed by atoms with Crippen LogP contribution in [-0.2, 0) is 10.0 Å². The Morgan fingerprint density at radius 1 is 0.875 bits per heavy atom. The third-order valence-electron chi connectivity index (χ3n) is 4.84. The third kappa shape index (κ3) is 4.68. The van der Waals surface area contributed by atoms with Gasteiger partial charge in [0, 0.05) is 5.56 Å². The molecule has 0 atom stereocenters. The highest BCUT2D eigenvalue weighted by Gasteiger charge is 2.15. The number of ether oxygens (including phenoxy) is 1. The van der Waals surface area contributed by atoms with Crippen molar-refractivity contribution in [2.45, 2.75) is 11.8 Å². The van der Waals surface area contributed by atoms with Crippen molar-refractivity contribution in [1.29, 1.82) is 0 Å². The molecule has 0 radical (unpaired) electrons. The molecule has 0 bridgehead atoms. The molecule has 6 nitrogen and oxygen atoms in total. The number of hydrazone groups is 1. The minimum Gasteiger partial charge on any atom is -0.422 e. The molecule has 4 aromatic rings. The summed E-state index contributed by atoms with van der Waals surface area (Å²) in [7, 11) is -3.84. The van der Waals surface area contributed by atoms with E-state index in [1.54, 1.807) is 42.5 Å². The molecule has 0 fully saturated rings. The Morgan fingerprint density at radius 2 is 1.56 bits per heavy atom. The molecule has 0 heterocycles. The van der Waals surface area contributed by atoms with E-state index in [0.717, 1.165) is 16.3 Å². The number of nitrogens with one attached hydrogen (secondary N) is 1. The van der Waals surface area contributed by atoms with E-state index >= 15 is 0 Å². The number of sulfonamides is 1. The van der Waals surface area contributed by atoms with Gasteiger partial charge in [0.2, 0.25) is 0 Å². The minimum atomic E-state index is -3.84. The van der Waals surface area contributed by atoms with Crippen molar-refractivity contribution in [3.63, 3.8) is 0 Å². The van der Waals surface area contributed by atoms with Gasteiger partial charge in [-0.25, -0.2) is 9.63 Å². The van der Waals surface area contributed by atoms with Crippen LogP contribution < -0.4 is 9.57 Å². The van der Waals surface area contributed by atoms with Gasteiger partial charge in [-0.05, 0) is 48.0 Å². The maximum absolute atomic E-state index is 12.6. The predicted molar refractivity (Wildman–Crippen MR) is 124 cm³/mol. The van der Waals surface area contributed by atoms with Crippen molar-refractivity contribution in [3.05, 3.63) is 108 Å². The molecular weight excluding hydrogens is 424 g/mol. The Hall–Kier alpha value is -3.97. The molecule has 0 amide bonds. The molecule has 160 valence electrons. The van der Waals surface area contributed by atoms with E-state index in [1.165, 1.54) is 18.3 Å². The van der Waals surface area contributed by atoms with Crippen molar-refractivity contribution in [3.8, 4) is 5.75 Å². The van der Waals surface area contributed by atoms with Crippen LogP contribution in [0.15, 0.2) is 101 Å². The molecular formula is C25H20N2O4S. The lowest BCUT2D eigenvalue weighted by atomic mass is 10.0. The lowest BCUT2D eigenvalue weighted by molar-refractivity contribution is 0.0734. The number of fused-ring (bicyclic) bond motifs is 1. The normalized spacial score (nSPS) is 11.5. The van der Waals surface area contributed by atoms with Crippen molar-refractivity contribution in [2.24, 2.45) is 5.10 Å². The largest absolute Gasteiger partial charge is 0.422 e. The average molecular weight is 445 g/mol. The van der Waals surface area contributed by atoms with E-state index < -0.39 is 16.0 Å². The number of esters is 1. The average Bonchev–Trinajstić information content (AvgIpc) is 2.81. The molecule has 4 rings (SSSR count). The van der Waals surface area contributed by atoms with E-state index in [1.807, 2.05) is 43.3 Å². The van der Waals surface area contributed by atoms with Crippen LogP contribution in [0.3, 0.4) is 0 Å². The van der Waals surface area contributed by atoms with Gasteiger partial charge in [0.25, 0.3) is 10.0 Å². The zero-order chi connectivity index (χ0) is 22.6. The van der Waals surface area contributed by atoms with Crippen LogP contribution in [0.5, 0.6) is 5.75 Å². The number of hydrogen-bond acceptors (Lipinski definition) is 5. The maximum atomic E-state index is 12.6. The summed E-state index contributed by atoms with van der Waals surface area (Å²) in [5.74, 6) is -0.244. The Bertz CT molecular complexity index is 1400. The summed E-state index contributed by atoms with van der Waals surface area (Å²) in [6, 6.07) is 26.1. The number of carbonyl (C=O) groups is 1. The molecule has 7 heteroatoms. The van der Waals surface area contributed by atoms with Crippen LogP contribution in [0.4, 0.5) is 0 Å². The first-order valence-electron chi connectivity index (χ1n) is 9.84. The highest BCUT2D eigenvalue weighted by Crippen LogP contribution is 2.27. The summed E-state index contributed by atoms with van der Waals surface area (Å²) in [4.78, 5) is 14.9. The maximum Gasteiger partial charge on any atom is 0.343 e. The highest BCUT2D eigenvalue weighted by atomic mass is 32.2. The molecule has 1 N–H and O–H groups in total. The second-order valence-electron chi connectivity index (χ2n) is 7.12. The number of benzene rings is 4. The quantitative estimate of drug-likeness (QED) is 0.203. The second kappa shape index (κ2) is 9.03. The predicted octanol–water partition coefficient (Wildman–Crippen LogP) is 4.68. The number of rotatable bonds is 6. The first-order chi connectivity index (χ1) is 15.4. The molecule has 0 spiro atoms. The zero-order valence-corrected chi connectivity index (χ0v) is 18.0. The lowest BCUT2D eigenvalue weighted by Crippen LogP contribution is -2.18. The summed E-state index contributed by atoms with van der Waals surface area (Å²) < 4.78 is 30.7. The van der Waals surface area contributed by atoms with Crippen LogP contribution in [0, 0.1) is 6.92 Å². The monoisotopic (exact) mass is 444 g/mol. The van der Waals surface area contributed by atoms with Gasteiger partial charge >= 0.3 is 5.97 Å². The summed E-state index contributed by atoms with van der Waals surface area (Å²) in [6.45, 7) is 1.88. The van der Waals surface area contributed by atoms with Gasteiger partial charge in [-0.15, -0.1) is 0 Å². The smallest absolute Gasteiger partial charge is 0.343 e. The van der Waals surface area contributed by atoms with Crippen molar-refractivity contribution < 1.29 is 17.9 Å². The highest BCUT2D eigenvalue weighted by molar-refractivity contribution is 7.89. The van der Waals surface area contributed by atoms with Crippen molar-refractivity contribution in [2.75, 3.05) is 0 Å². The molecule has 0 aromatic heterocycles. The summed E-state index contributed by atoms with van der Waals surface area (Å²) in [5.41, 5.74) is 1.84. The van der Waals surface area contributed by atoms with Gasteiger partial charge in [0.05, 0.1) is 16.7 Å². The fraction of sp³-hybridized carbons (Fsp3) is 0.0400. The van der Waals surface area contributed by atoms with Gasteiger partial charge in [-0.1, -0.05) is 66.2 Å². The molecule has 0 saturated heterocycles. The SMILES string of the molecule is Cc1ccc(S(=O)(=O)N/N=C\c2c(OC(=O)c3ccccc3)ccc3ccccc23)cc1. The van der Waals surface area contributed by atoms with Crippen LogP contribution >= 0.6 is 0 Å². The molecule has 0 unspecified atom stereocenters. The molecule has 0 aliphatic heterocycles. The molecule has 4 aromatic carbocycles. The molecule has 0 aliphatic rings. The molecule has 0 saturated carbocycles. The Morgan fingerprint density at radius 3 is 2.31 bits per heavy atom. The third-order valence-corrected chi connectivity index (χ3v) is 6.08.